The first-order valence-corrected chi connectivity index (χ1v) is 3.68. The molecule has 0 spiro atoms. The number of hydrogen-bond donors (Lipinski definition) is 0. The van der Waals surface area contributed by atoms with E-state index in [1.807, 2.05) is 5.87 Å². The average Bonchev–Trinajstić information content (AvgIpc) is 2.20. The number of nitrogens with zero attached hydrogens (tertiary/aromatic N) is 1. The normalized spacial score (nSPS) is 8.69. The highest BCUT2D eigenvalue weighted by atomic mass is 16.5. The number of ether oxygens (including phenoxy) is 1. The SMILES string of the molecule is COc1cccc(C(=C=[N-])C=O)c1. The average molecular weight is 174 g/mol. The summed E-state index contributed by atoms with van der Waals surface area (Å²) in [6.07, 6.45) is 0.536. The summed E-state index contributed by atoms with van der Waals surface area (Å²) in [6, 6.07) is 6.82. The number of hydrogen-bond acceptors (Lipinski definition) is 2. The van der Waals surface area contributed by atoms with E-state index in [2.05, 4.69) is 0 Å². The van der Waals surface area contributed by atoms with Gasteiger partial charge in [-0.25, -0.2) is 0 Å². The molecule has 13 heavy (non-hydrogen) atoms. The predicted octanol–water partition coefficient (Wildman–Crippen LogP) is 1.52. The molecule has 0 aliphatic carbocycles. The molecule has 3 nitrogen and oxygen atoms in total. The summed E-state index contributed by atoms with van der Waals surface area (Å²) < 4.78 is 4.96. The maximum atomic E-state index is 10.4. The van der Waals surface area contributed by atoms with Crippen molar-refractivity contribution in [3.63, 3.8) is 0 Å². The zero-order valence-electron chi connectivity index (χ0n) is 7.15. The van der Waals surface area contributed by atoms with Gasteiger partial charge in [0, 0.05) is 5.57 Å². The van der Waals surface area contributed by atoms with Crippen LogP contribution in [-0.2, 0) is 4.79 Å². The summed E-state index contributed by atoms with van der Waals surface area (Å²) in [6.45, 7) is 0. The van der Waals surface area contributed by atoms with Crippen LogP contribution >= 0.6 is 0 Å². The van der Waals surface area contributed by atoms with Crippen molar-refractivity contribution in [1.82, 2.24) is 0 Å². The van der Waals surface area contributed by atoms with Crippen LogP contribution in [0.4, 0.5) is 0 Å². The van der Waals surface area contributed by atoms with E-state index in [0.29, 0.717) is 17.6 Å². The topological polar surface area (TPSA) is 48.6 Å². The van der Waals surface area contributed by atoms with Gasteiger partial charge in [-0.05, 0) is 17.7 Å². The molecular weight excluding hydrogens is 166 g/mol. The Morgan fingerprint density at radius 1 is 1.62 bits per heavy atom. The first-order chi connectivity index (χ1) is 6.31. The lowest BCUT2D eigenvalue weighted by Gasteiger charge is -2.02. The Morgan fingerprint density at radius 2 is 2.38 bits per heavy atom. The molecule has 0 aliphatic rings. The summed E-state index contributed by atoms with van der Waals surface area (Å²) in [5.74, 6) is 2.44. The second-order valence-corrected chi connectivity index (χ2v) is 2.38. The number of benzene rings is 1. The van der Waals surface area contributed by atoms with Gasteiger partial charge in [-0.15, -0.1) is 0 Å². The van der Waals surface area contributed by atoms with Crippen LogP contribution < -0.4 is 4.74 Å². The number of rotatable bonds is 3. The fraction of sp³-hybridized carbons (Fsp3) is 0.100. The van der Waals surface area contributed by atoms with E-state index in [-0.39, 0.29) is 5.57 Å². The Morgan fingerprint density at radius 3 is 2.92 bits per heavy atom. The van der Waals surface area contributed by atoms with Gasteiger partial charge in [0.2, 0.25) is 0 Å². The molecular formula is C10H8NO2-. The second kappa shape index (κ2) is 4.24. The lowest BCUT2D eigenvalue weighted by atomic mass is 10.1. The predicted molar refractivity (Wildman–Crippen MR) is 50.8 cm³/mol. The van der Waals surface area contributed by atoms with E-state index >= 15 is 0 Å². The highest BCUT2D eigenvalue weighted by Gasteiger charge is 1.98. The third kappa shape index (κ3) is 2.04. The van der Waals surface area contributed by atoms with Gasteiger partial charge in [0.15, 0.2) is 6.29 Å². The Bertz CT molecular complexity index is 365. The van der Waals surface area contributed by atoms with Crippen LogP contribution in [0.25, 0.3) is 11.0 Å². The van der Waals surface area contributed by atoms with Gasteiger partial charge in [0.05, 0.1) is 7.11 Å². The van der Waals surface area contributed by atoms with E-state index in [0.717, 1.165) is 0 Å². The van der Waals surface area contributed by atoms with Crippen molar-refractivity contribution in [3.8, 4) is 5.75 Å². The van der Waals surface area contributed by atoms with Crippen molar-refractivity contribution >= 4 is 17.7 Å². The third-order valence-electron chi connectivity index (χ3n) is 1.62. The molecule has 0 N–H and O–H groups in total. The summed E-state index contributed by atoms with van der Waals surface area (Å²) in [5.41, 5.74) is 0.691. The van der Waals surface area contributed by atoms with Crippen LogP contribution in [0.5, 0.6) is 5.75 Å². The Kier molecular flexibility index (Phi) is 3.01. The number of allylic oxidation sites excluding steroid dienone is 1. The van der Waals surface area contributed by atoms with Crippen LogP contribution in [0.1, 0.15) is 5.56 Å². The van der Waals surface area contributed by atoms with Crippen LogP contribution in [-0.4, -0.2) is 19.3 Å². The molecule has 0 radical (unpaired) electrons. The first-order valence-electron chi connectivity index (χ1n) is 3.68. The number of methoxy groups -OCH3 is 1. The molecule has 0 atom stereocenters. The first kappa shape index (κ1) is 9.23. The van der Waals surface area contributed by atoms with Crippen molar-refractivity contribution in [1.29, 1.82) is 0 Å². The summed E-state index contributed by atoms with van der Waals surface area (Å²) in [7, 11) is 1.53. The molecule has 0 bridgehead atoms. The smallest absolute Gasteiger partial charge is 0.156 e. The van der Waals surface area contributed by atoms with Gasteiger partial charge >= 0.3 is 0 Å². The Hall–Kier alpha value is -1.86. The molecule has 0 saturated carbocycles. The van der Waals surface area contributed by atoms with Crippen LogP contribution in [0, 0.1) is 0 Å². The monoisotopic (exact) mass is 174 g/mol. The lowest BCUT2D eigenvalue weighted by Crippen LogP contribution is -1.88. The van der Waals surface area contributed by atoms with E-state index in [1.54, 1.807) is 24.3 Å². The second-order valence-electron chi connectivity index (χ2n) is 2.38. The van der Waals surface area contributed by atoms with E-state index in [9.17, 15) is 4.79 Å². The third-order valence-corrected chi connectivity index (χ3v) is 1.62. The van der Waals surface area contributed by atoms with Crippen molar-refractivity contribution in [2.45, 2.75) is 0 Å². The summed E-state index contributed by atoms with van der Waals surface area (Å²) in [4.78, 5) is 10.4. The van der Waals surface area contributed by atoms with Gasteiger partial charge in [0.1, 0.15) is 5.75 Å². The fourth-order valence-electron chi connectivity index (χ4n) is 0.950. The van der Waals surface area contributed by atoms with E-state index < -0.39 is 0 Å². The number of carbonyl (C=O) groups excluding carboxylic acids is 1. The van der Waals surface area contributed by atoms with Crippen molar-refractivity contribution < 1.29 is 9.53 Å². The molecule has 1 aromatic carbocycles. The molecule has 0 unspecified atom stereocenters. The van der Waals surface area contributed by atoms with E-state index in [1.165, 1.54) is 7.11 Å². The molecule has 1 rings (SSSR count). The van der Waals surface area contributed by atoms with Crippen molar-refractivity contribution in [2.75, 3.05) is 7.11 Å². The van der Waals surface area contributed by atoms with Gasteiger partial charge in [-0.3, -0.25) is 10.7 Å². The Labute approximate surface area is 76.2 Å². The molecule has 0 heterocycles. The minimum absolute atomic E-state index is 0.110. The summed E-state index contributed by atoms with van der Waals surface area (Å²) >= 11 is 0. The molecule has 3 heteroatoms. The summed E-state index contributed by atoms with van der Waals surface area (Å²) in [5, 5.41) is 8.58. The molecule has 0 aromatic heterocycles. The molecule has 0 saturated heterocycles. The molecule has 0 aliphatic heterocycles. The minimum atomic E-state index is 0.110. The molecule has 1 aromatic rings. The van der Waals surface area contributed by atoms with E-state index in [4.69, 9.17) is 10.1 Å². The zero-order chi connectivity index (χ0) is 9.68. The highest BCUT2D eigenvalue weighted by Crippen LogP contribution is 2.16. The van der Waals surface area contributed by atoms with Crippen molar-refractivity contribution in [3.05, 3.63) is 35.2 Å². The number of aldehydes is 1. The quantitative estimate of drug-likeness (QED) is 0.396. The van der Waals surface area contributed by atoms with Gasteiger partial charge < -0.3 is 10.1 Å². The maximum absolute atomic E-state index is 10.4. The Balaban J connectivity index is 3.15. The van der Waals surface area contributed by atoms with Gasteiger partial charge in [-0.1, -0.05) is 12.1 Å². The van der Waals surface area contributed by atoms with Crippen LogP contribution in [0.15, 0.2) is 24.3 Å². The highest BCUT2D eigenvalue weighted by molar-refractivity contribution is 6.19. The van der Waals surface area contributed by atoms with Crippen LogP contribution in [0.3, 0.4) is 0 Å². The molecule has 0 fully saturated rings. The molecule has 66 valence electrons. The lowest BCUT2D eigenvalue weighted by molar-refractivity contribution is -0.103. The van der Waals surface area contributed by atoms with Crippen LogP contribution in [0.2, 0.25) is 0 Å². The fourth-order valence-corrected chi connectivity index (χ4v) is 0.950. The maximum Gasteiger partial charge on any atom is 0.156 e. The zero-order valence-corrected chi connectivity index (χ0v) is 7.15. The van der Waals surface area contributed by atoms with Crippen molar-refractivity contribution in [2.24, 2.45) is 0 Å². The number of carbonyl (C=O) groups is 1. The largest absolute Gasteiger partial charge is 0.763 e. The standard InChI is InChI=1S/C10H8NO2/c1-13-10-4-2-3-8(5-10)9(6-11)7-12/h2-5,7H,1H3/q-1. The molecule has 0 amide bonds. The minimum Gasteiger partial charge on any atom is -0.763 e. The van der Waals surface area contributed by atoms with Gasteiger partial charge in [-0.2, -0.15) is 0 Å². The van der Waals surface area contributed by atoms with Gasteiger partial charge in [0.25, 0.3) is 0 Å².